The Hall–Kier alpha value is -1.43. The Morgan fingerprint density at radius 2 is 2.17 bits per heavy atom. The topological polar surface area (TPSA) is 137 Å². The van der Waals surface area contributed by atoms with Crippen molar-refractivity contribution in [3.05, 3.63) is 17.9 Å². The van der Waals surface area contributed by atoms with Crippen LogP contribution in [0.3, 0.4) is 0 Å². The predicted octanol–water partition coefficient (Wildman–Crippen LogP) is -0.797. The zero-order chi connectivity index (χ0) is 17.3. The summed E-state index contributed by atoms with van der Waals surface area (Å²) in [5.74, 6) is -0.936. The maximum Gasteiger partial charge on any atom is 0.289 e. The first-order valence-corrected chi connectivity index (χ1v) is 10.1. The van der Waals surface area contributed by atoms with E-state index in [1.807, 2.05) is 0 Å². The molecule has 0 spiro atoms. The summed E-state index contributed by atoms with van der Waals surface area (Å²) >= 11 is 0. The molecule has 130 valence electrons. The van der Waals surface area contributed by atoms with Gasteiger partial charge in [-0.2, -0.15) is 0 Å². The minimum Gasteiger partial charge on any atom is -0.438 e. The Kier molecular flexibility index (Phi) is 5.14. The first-order chi connectivity index (χ1) is 10.6. The van der Waals surface area contributed by atoms with Crippen LogP contribution in [-0.4, -0.2) is 65.5 Å². The highest BCUT2D eigenvalue weighted by Gasteiger charge is 2.36. The number of hydrogen-bond donors (Lipinski definition) is 1. The molecule has 1 aliphatic rings. The minimum atomic E-state index is -4.05. The van der Waals surface area contributed by atoms with Gasteiger partial charge in [0, 0.05) is 19.7 Å². The highest BCUT2D eigenvalue weighted by Crippen LogP contribution is 2.21. The number of hydrogen-bond acceptors (Lipinski definition) is 7. The molecule has 0 radical (unpaired) electrons. The van der Waals surface area contributed by atoms with E-state index < -0.39 is 36.9 Å². The van der Waals surface area contributed by atoms with Gasteiger partial charge in [0.25, 0.3) is 15.9 Å². The third-order valence-corrected chi connectivity index (χ3v) is 6.05. The second-order valence-electron chi connectivity index (χ2n) is 5.21. The third-order valence-electron chi connectivity index (χ3n) is 3.52. The molecule has 2 rings (SSSR count). The number of rotatable bonds is 6. The van der Waals surface area contributed by atoms with Crippen LogP contribution in [0.25, 0.3) is 0 Å². The van der Waals surface area contributed by atoms with Crippen molar-refractivity contribution >= 4 is 25.8 Å². The van der Waals surface area contributed by atoms with Crippen LogP contribution in [0.4, 0.5) is 0 Å². The molecule has 1 saturated heterocycles. The number of methoxy groups -OCH3 is 1. The average Bonchev–Trinajstić information content (AvgIpc) is 3.05. The Bertz CT molecular complexity index is 782. The highest BCUT2D eigenvalue weighted by atomic mass is 32.2. The van der Waals surface area contributed by atoms with Gasteiger partial charge in [-0.1, -0.05) is 0 Å². The Morgan fingerprint density at radius 3 is 2.65 bits per heavy atom. The van der Waals surface area contributed by atoms with Crippen LogP contribution in [0.1, 0.15) is 17.0 Å². The molecule has 1 fully saturated rings. The van der Waals surface area contributed by atoms with Crippen LogP contribution >= 0.6 is 0 Å². The van der Waals surface area contributed by atoms with Crippen molar-refractivity contribution < 1.29 is 30.8 Å². The van der Waals surface area contributed by atoms with Crippen molar-refractivity contribution in [3.8, 4) is 0 Å². The number of furan rings is 1. The van der Waals surface area contributed by atoms with Crippen molar-refractivity contribution in [1.29, 1.82) is 0 Å². The number of sulfone groups is 1. The van der Waals surface area contributed by atoms with Gasteiger partial charge in [0.2, 0.25) is 5.09 Å². The van der Waals surface area contributed by atoms with Crippen molar-refractivity contribution in [3.63, 3.8) is 0 Å². The summed E-state index contributed by atoms with van der Waals surface area (Å²) in [6.07, 6.45) is 0.320. The molecule has 0 aromatic carbocycles. The first-order valence-electron chi connectivity index (χ1n) is 6.77. The highest BCUT2D eigenvalue weighted by molar-refractivity contribution is 7.91. The number of sulfonamides is 1. The lowest BCUT2D eigenvalue weighted by Crippen LogP contribution is -2.43. The van der Waals surface area contributed by atoms with Gasteiger partial charge in [0.05, 0.1) is 18.1 Å². The van der Waals surface area contributed by atoms with Crippen molar-refractivity contribution in [1.82, 2.24) is 4.90 Å². The van der Waals surface area contributed by atoms with E-state index in [1.54, 1.807) is 0 Å². The molecule has 1 unspecified atom stereocenters. The molecule has 1 aromatic heterocycles. The molecule has 11 heteroatoms. The molecular formula is C12H18N2O7S2. The molecule has 0 aliphatic carbocycles. The monoisotopic (exact) mass is 366 g/mol. The van der Waals surface area contributed by atoms with Crippen molar-refractivity contribution in [2.75, 3.05) is 31.8 Å². The lowest BCUT2D eigenvalue weighted by Gasteiger charge is -2.27. The number of carbonyl (C=O) groups is 1. The van der Waals surface area contributed by atoms with Crippen LogP contribution in [-0.2, 0) is 24.6 Å². The van der Waals surface area contributed by atoms with Gasteiger partial charge in [-0.3, -0.25) is 4.79 Å². The summed E-state index contributed by atoms with van der Waals surface area (Å²) in [7, 11) is -5.78. The molecule has 0 saturated carbocycles. The van der Waals surface area contributed by atoms with E-state index in [2.05, 4.69) is 0 Å². The number of amides is 1. The molecule has 1 aliphatic heterocycles. The van der Waals surface area contributed by atoms with Crippen LogP contribution < -0.4 is 5.14 Å². The summed E-state index contributed by atoms with van der Waals surface area (Å²) in [6.45, 7) is 0.381. The van der Waals surface area contributed by atoms with Crippen LogP contribution in [0, 0.1) is 0 Å². The van der Waals surface area contributed by atoms with Gasteiger partial charge in [0.1, 0.15) is 0 Å². The number of carbonyl (C=O) groups excluding carboxylic acids is 1. The van der Waals surface area contributed by atoms with Crippen molar-refractivity contribution in [2.24, 2.45) is 5.14 Å². The molecule has 9 nitrogen and oxygen atoms in total. The van der Waals surface area contributed by atoms with Crippen LogP contribution in [0.15, 0.2) is 21.6 Å². The zero-order valence-corrected chi connectivity index (χ0v) is 14.1. The van der Waals surface area contributed by atoms with E-state index in [9.17, 15) is 21.6 Å². The summed E-state index contributed by atoms with van der Waals surface area (Å²) in [4.78, 5) is 13.9. The van der Waals surface area contributed by atoms with Crippen molar-refractivity contribution in [2.45, 2.75) is 17.6 Å². The standard InChI is InChI=1S/C12H18N2O7S2/c1-20-6-5-14(9-4-7-22(16,17)8-9)12(15)10-2-3-11(21-10)23(13,18)19/h2-3,9H,4-8H2,1H3,(H2,13,18,19). The molecule has 1 atom stereocenters. The summed E-state index contributed by atoms with van der Waals surface area (Å²) in [6, 6.07) is 1.79. The molecule has 1 aromatic rings. The van der Waals surface area contributed by atoms with Crippen LogP contribution in [0.5, 0.6) is 0 Å². The van der Waals surface area contributed by atoms with E-state index in [0.29, 0.717) is 6.42 Å². The quantitative estimate of drug-likeness (QED) is 0.696. The molecule has 1 amide bonds. The third kappa shape index (κ3) is 4.31. The zero-order valence-electron chi connectivity index (χ0n) is 12.5. The Morgan fingerprint density at radius 1 is 1.48 bits per heavy atom. The fourth-order valence-corrected chi connectivity index (χ4v) is 4.58. The molecule has 0 bridgehead atoms. The fraction of sp³-hybridized carbons (Fsp3) is 0.583. The Labute approximate surface area is 134 Å². The molecule has 23 heavy (non-hydrogen) atoms. The molecule has 2 N–H and O–H groups in total. The van der Waals surface area contributed by atoms with E-state index in [0.717, 1.165) is 6.07 Å². The summed E-state index contributed by atoms with van der Waals surface area (Å²) in [5, 5.41) is 4.42. The number of primary sulfonamides is 1. The lowest BCUT2D eigenvalue weighted by molar-refractivity contribution is 0.0588. The second-order valence-corrected chi connectivity index (χ2v) is 8.93. The molecule has 2 heterocycles. The average molecular weight is 366 g/mol. The maximum atomic E-state index is 12.5. The fourth-order valence-electron chi connectivity index (χ4n) is 2.39. The van der Waals surface area contributed by atoms with Gasteiger partial charge in [-0.05, 0) is 18.6 Å². The van der Waals surface area contributed by atoms with Gasteiger partial charge in [0.15, 0.2) is 15.6 Å². The number of nitrogens with two attached hydrogens (primary N) is 1. The van der Waals surface area contributed by atoms with Gasteiger partial charge < -0.3 is 14.1 Å². The summed E-state index contributed by atoms with van der Waals surface area (Å²) in [5.41, 5.74) is 0. The second kappa shape index (κ2) is 6.59. The molecular weight excluding hydrogens is 348 g/mol. The minimum absolute atomic E-state index is 0.00894. The van der Waals surface area contributed by atoms with Gasteiger partial charge in [-0.25, -0.2) is 22.0 Å². The van der Waals surface area contributed by atoms with E-state index in [1.165, 1.54) is 18.1 Å². The van der Waals surface area contributed by atoms with E-state index >= 15 is 0 Å². The lowest BCUT2D eigenvalue weighted by atomic mass is 10.2. The van der Waals surface area contributed by atoms with Gasteiger partial charge >= 0.3 is 0 Å². The van der Waals surface area contributed by atoms with E-state index in [4.69, 9.17) is 14.3 Å². The Balaban J connectivity index is 2.25. The largest absolute Gasteiger partial charge is 0.438 e. The normalized spacial score (nSPS) is 20.5. The number of ether oxygens (including phenoxy) is 1. The smallest absolute Gasteiger partial charge is 0.289 e. The van der Waals surface area contributed by atoms with E-state index in [-0.39, 0.29) is 30.4 Å². The van der Waals surface area contributed by atoms with Crippen LogP contribution in [0.2, 0.25) is 0 Å². The first kappa shape index (κ1) is 17.9. The summed E-state index contributed by atoms with van der Waals surface area (Å²) < 4.78 is 55.6. The predicted molar refractivity (Wildman–Crippen MR) is 80.1 cm³/mol. The number of nitrogens with zero attached hydrogens (tertiary/aromatic N) is 1. The van der Waals surface area contributed by atoms with Gasteiger partial charge in [-0.15, -0.1) is 0 Å². The maximum absolute atomic E-state index is 12.5. The SMILES string of the molecule is COCCN(C(=O)c1ccc(S(N)(=O)=O)o1)C1CCS(=O)(=O)C1.